The van der Waals surface area contributed by atoms with Gasteiger partial charge < -0.3 is 4.74 Å². The lowest BCUT2D eigenvalue weighted by atomic mass is 9.88. The molecule has 0 radical (unpaired) electrons. The van der Waals surface area contributed by atoms with E-state index in [0.717, 1.165) is 22.8 Å². The number of halogens is 1. The number of hydrogen-bond donors (Lipinski definition) is 0. The molecule has 0 bridgehead atoms. The summed E-state index contributed by atoms with van der Waals surface area (Å²) in [6, 6.07) is 1.77. The van der Waals surface area contributed by atoms with E-state index in [4.69, 9.17) is 21.9 Å². The van der Waals surface area contributed by atoms with Crippen LogP contribution in [0.4, 0.5) is 0 Å². The van der Waals surface area contributed by atoms with Crippen molar-refractivity contribution in [2.75, 3.05) is 6.26 Å². The van der Waals surface area contributed by atoms with Gasteiger partial charge in [-0.05, 0) is 55.5 Å². The highest BCUT2D eigenvalue weighted by atomic mass is 35.5. The van der Waals surface area contributed by atoms with Crippen molar-refractivity contribution in [3.63, 3.8) is 0 Å². The lowest BCUT2D eigenvalue weighted by molar-refractivity contribution is 0.206. The lowest BCUT2D eigenvalue weighted by Crippen LogP contribution is -2.20. The van der Waals surface area contributed by atoms with Crippen molar-refractivity contribution >= 4 is 34.1 Å². The van der Waals surface area contributed by atoms with E-state index in [0.29, 0.717) is 22.7 Å². The van der Waals surface area contributed by atoms with Gasteiger partial charge in [0.25, 0.3) is 0 Å². The number of nitrogens with zero attached hydrogens (tertiary/aromatic N) is 5. The van der Waals surface area contributed by atoms with Gasteiger partial charge in [0.1, 0.15) is 5.15 Å². The van der Waals surface area contributed by atoms with E-state index in [1.54, 1.807) is 30.2 Å². The van der Waals surface area contributed by atoms with Crippen LogP contribution in [0.2, 0.25) is 5.15 Å². The number of azide groups is 1. The second-order valence-electron chi connectivity index (χ2n) is 6.56. The zero-order valence-electron chi connectivity index (χ0n) is 15.7. The normalized spacial score (nSPS) is 15.8. The van der Waals surface area contributed by atoms with E-state index in [1.807, 2.05) is 20.8 Å². The third-order valence-corrected chi connectivity index (χ3v) is 5.82. The predicted octanol–water partition coefficient (Wildman–Crippen LogP) is 6.13. The van der Waals surface area contributed by atoms with Crippen LogP contribution in [0.5, 0.6) is 5.88 Å². The number of thioether (sulfide) groups is 1. The molecule has 0 saturated carbocycles. The highest BCUT2D eigenvalue weighted by molar-refractivity contribution is 7.99. The van der Waals surface area contributed by atoms with Crippen molar-refractivity contribution in [1.82, 2.24) is 9.97 Å². The van der Waals surface area contributed by atoms with E-state index in [2.05, 4.69) is 33.2 Å². The molecule has 0 unspecified atom stereocenters. The molecule has 3 atom stereocenters. The largest absolute Gasteiger partial charge is 0.474 e. The van der Waals surface area contributed by atoms with Gasteiger partial charge >= 0.3 is 0 Å². The molecule has 0 aliphatic heterocycles. The number of ether oxygens (including phenoxy) is 1. The van der Waals surface area contributed by atoms with Gasteiger partial charge in [0, 0.05) is 22.6 Å². The minimum atomic E-state index is -0.720. The first-order valence-corrected chi connectivity index (χ1v) is 10.2. The van der Waals surface area contributed by atoms with Crippen LogP contribution in [0.1, 0.15) is 46.1 Å². The molecule has 0 amide bonds. The molecule has 26 heavy (non-hydrogen) atoms. The number of hydrogen-bond acceptors (Lipinski definition) is 5. The first-order valence-electron chi connectivity index (χ1n) is 8.55. The monoisotopic (exact) mass is 393 g/mol. The third kappa shape index (κ3) is 4.53. The number of aromatic nitrogens is 2. The lowest BCUT2D eigenvalue weighted by Gasteiger charge is -2.25. The maximum Gasteiger partial charge on any atom is 0.223 e. The summed E-state index contributed by atoms with van der Waals surface area (Å²) in [7, 11) is 0. The molecule has 0 spiro atoms. The summed E-state index contributed by atoms with van der Waals surface area (Å²) in [5, 5.41) is 6.48. The molecule has 2 aromatic rings. The van der Waals surface area contributed by atoms with Crippen molar-refractivity contribution in [2.45, 2.75) is 57.4 Å². The maximum atomic E-state index is 8.97. The molecule has 6 nitrogen and oxygen atoms in total. The summed E-state index contributed by atoms with van der Waals surface area (Å²) in [4.78, 5) is 11.7. The van der Waals surface area contributed by atoms with Gasteiger partial charge in [-0.15, -0.1) is 0 Å². The van der Waals surface area contributed by atoms with Crippen LogP contribution in [0.3, 0.4) is 0 Å². The van der Waals surface area contributed by atoms with Gasteiger partial charge in [0.2, 0.25) is 5.88 Å². The Morgan fingerprint density at radius 3 is 2.69 bits per heavy atom. The fourth-order valence-electron chi connectivity index (χ4n) is 2.82. The van der Waals surface area contributed by atoms with Crippen LogP contribution in [0, 0.1) is 0 Å². The molecule has 0 saturated heterocycles. The summed E-state index contributed by atoms with van der Waals surface area (Å²) in [5.41, 5.74) is 9.07. The number of pyridine rings is 2. The van der Waals surface area contributed by atoms with E-state index < -0.39 is 5.54 Å². The molecule has 8 heteroatoms. The average molecular weight is 394 g/mol. The van der Waals surface area contributed by atoms with Crippen LogP contribution in [-0.2, 0) is 5.54 Å². The van der Waals surface area contributed by atoms with Crippen molar-refractivity contribution in [3.05, 3.63) is 39.6 Å². The van der Waals surface area contributed by atoms with E-state index in [-0.39, 0.29) is 6.10 Å². The molecular weight excluding hydrogens is 370 g/mol. The van der Waals surface area contributed by atoms with Crippen LogP contribution in [-0.4, -0.2) is 27.6 Å². The Bertz CT molecular complexity index is 827. The molecule has 2 rings (SSSR count). The highest BCUT2D eigenvalue weighted by Crippen LogP contribution is 2.37. The Hall–Kier alpha value is -1.69. The van der Waals surface area contributed by atoms with Gasteiger partial charge in [0.05, 0.1) is 17.0 Å². The Morgan fingerprint density at radius 1 is 1.35 bits per heavy atom. The number of fused-ring (bicyclic) bond motifs is 1. The molecule has 140 valence electrons. The second kappa shape index (κ2) is 8.80. The molecule has 2 aromatic heterocycles. The van der Waals surface area contributed by atoms with Gasteiger partial charge in [-0.1, -0.05) is 30.6 Å². The van der Waals surface area contributed by atoms with Crippen molar-refractivity contribution in [3.8, 4) is 5.88 Å². The van der Waals surface area contributed by atoms with E-state index >= 15 is 0 Å². The van der Waals surface area contributed by atoms with Crippen LogP contribution in [0.15, 0.2) is 23.6 Å². The minimum Gasteiger partial charge on any atom is -0.474 e. The van der Waals surface area contributed by atoms with Gasteiger partial charge in [0.15, 0.2) is 0 Å². The molecule has 0 aliphatic rings. The van der Waals surface area contributed by atoms with Crippen molar-refractivity contribution < 1.29 is 4.74 Å². The molecule has 0 N–H and O–H groups in total. The Morgan fingerprint density at radius 2 is 2.08 bits per heavy atom. The zero-order valence-corrected chi connectivity index (χ0v) is 17.3. The second-order valence-corrected chi connectivity index (χ2v) is 8.22. The van der Waals surface area contributed by atoms with Crippen LogP contribution < -0.4 is 4.74 Å². The van der Waals surface area contributed by atoms with E-state index in [1.165, 1.54) is 0 Å². The highest BCUT2D eigenvalue weighted by Gasteiger charge is 2.27. The SMILES string of the molecule is CC[C@@](C)(N=[N+]=[N-])c1cnc(O[C@H](C)C[C@@H](C)SC)c2cnc(Cl)cc12. The molecule has 0 fully saturated rings. The zero-order chi connectivity index (χ0) is 19.3. The Labute approximate surface area is 163 Å². The van der Waals surface area contributed by atoms with E-state index in [9.17, 15) is 0 Å². The molecular formula is C18H24ClN5OS. The predicted molar refractivity (Wildman–Crippen MR) is 109 cm³/mol. The standard InChI is InChI=1S/C18H24ClN5OS/c1-6-18(4,23-24-20)15-10-22-17(25-11(2)7-12(3)26-5)14-9-21-16(19)8-13(14)15/h8-12H,6-7H2,1-5H3/t11-,12-,18-/m1/s1. The summed E-state index contributed by atoms with van der Waals surface area (Å²) in [5.74, 6) is 0.521. The van der Waals surface area contributed by atoms with Crippen molar-refractivity contribution in [2.24, 2.45) is 5.11 Å². The van der Waals surface area contributed by atoms with Gasteiger partial charge in [-0.2, -0.15) is 11.8 Å². The fourth-order valence-corrected chi connectivity index (χ4v) is 3.45. The average Bonchev–Trinajstić information content (AvgIpc) is 2.61. The minimum absolute atomic E-state index is 0.0179. The quantitative estimate of drug-likeness (QED) is 0.234. The summed E-state index contributed by atoms with van der Waals surface area (Å²) < 4.78 is 6.09. The van der Waals surface area contributed by atoms with Gasteiger partial charge in [-0.3, -0.25) is 0 Å². The summed E-state index contributed by atoms with van der Waals surface area (Å²) in [6.45, 7) is 8.07. The maximum absolute atomic E-state index is 8.97. The van der Waals surface area contributed by atoms with Crippen molar-refractivity contribution in [1.29, 1.82) is 0 Å². The van der Waals surface area contributed by atoms with Gasteiger partial charge in [-0.25, -0.2) is 9.97 Å². The smallest absolute Gasteiger partial charge is 0.223 e. The van der Waals surface area contributed by atoms with Crippen LogP contribution in [0.25, 0.3) is 21.2 Å². The summed E-state index contributed by atoms with van der Waals surface area (Å²) >= 11 is 7.93. The Kier molecular flexibility index (Phi) is 6.98. The molecule has 0 aromatic carbocycles. The molecule has 0 aliphatic carbocycles. The first-order chi connectivity index (χ1) is 12.3. The third-order valence-electron chi connectivity index (χ3n) is 4.62. The Balaban J connectivity index is 2.53. The fraction of sp³-hybridized carbons (Fsp3) is 0.556. The molecule has 2 heterocycles. The first kappa shape index (κ1) is 20.6. The topological polar surface area (TPSA) is 83.8 Å². The van der Waals surface area contributed by atoms with Crippen LogP contribution >= 0.6 is 23.4 Å². The number of rotatable bonds is 8. The summed E-state index contributed by atoms with van der Waals surface area (Å²) in [6.07, 6.45) is 7.04.